The molecule has 0 bridgehead atoms. The normalized spacial score (nSPS) is 15.5. The van der Waals surface area contributed by atoms with E-state index in [2.05, 4.69) is 4.90 Å². The van der Waals surface area contributed by atoms with Crippen molar-refractivity contribution in [3.8, 4) is 5.75 Å². The van der Waals surface area contributed by atoms with Crippen LogP contribution < -0.4 is 9.88 Å². The van der Waals surface area contributed by atoms with Gasteiger partial charge in [-0.2, -0.15) is 0 Å². The molecular formula is C20H25N3O4S. The molecule has 0 aliphatic carbocycles. The second kappa shape index (κ2) is 8.30. The highest BCUT2D eigenvalue weighted by Gasteiger charge is 2.23. The zero-order valence-electron chi connectivity index (χ0n) is 16.1. The van der Waals surface area contributed by atoms with Crippen molar-refractivity contribution < 1.29 is 17.9 Å². The molecule has 0 aromatic heterocycles. The van der Waals surface area contributed by atoms with E-state index in [4.69, 9.17) is 9.88 Å². The fourth-order valence-corrected chi connectivity index (χ4v) is 4.13. The number of primary sulfonamides is 1. The van der Waals surface area contributed by atoms with E-state index >= 15 is 0 Å². The van der Waals surface area contributed by atoms with Crippen LogP contribution in [0.1, 0.15) is 21.5 Å². The third kappa shape index (κ3) is 4.70. The Labute approximate surface area is 165 Å². The van der Waals surface area contributed by atoms with Crippen LogP contribution in [-0.2, 0) is 16.6 Å². The molecule has 8 heteroatoms. The molecule has 0 unspecified atom stereocenters. The van der Waals surface area contributed by atoms with Crippen LogP contribution in [-0.4, -0.2) is 57.4 Å². The molecule has 1 aliphatic heterocycles. The molecule has 1 saturated heterocycles. The number of benzene rings is 2. The van der Waals surface area contributed by atoms with Crippen LogP contribution in [0.15, 0.2) is 47.4 Å². The van der Waals surface area contributed by atoms with E-state index < -0.39 is 10.0 Å². The molecule has 0 saturated carbocycles. The number of ether oxygens (including phenoxy) is 1. The average Bonchev–Trinajstić information content (AvgIpc) is 2.68. The molecule has 0 radical (unpaired) electrons. The molecule has 2 aromatic rings. The maximum absolute atomic E-state index is 12.8. The SMILES string of the molecule is COc1ccc(CN2CCN(C(=O)c3ccc(C)c(S(N)(=O)=O)c3)CC2)cc1. The Morgan fingerprint density at radius 1 is 1.07 bits per heavy atom. The number of nitrogens with zero attached hydrogens (tertiary/aromatic N) is 2. The highest BCUT2D eigenvalue weighted by molar-refractivity contribution is 7.89. The van der Waals surface area contributed by atoms with Gasteiger partial charge in [0.2, 0.25) is 10.0 Å². The Morgan fingerprint density at radius 2 is 1.71 bits per heavy atom. The summed E-state index contributed by atoms with van der Waals surface area (Å²) in [7, 11) is -2.21. The first-order chi connectivity index (χ1) is 13.3. The number of amides is 1. The predicted octanol–water partition coefficient (Wildman–Crippen LogP) is 1.61. The van der Waals surface area contributed by atoms with Crippen molar-refractivity contribution in [1.82, 2.24) is 9.80 Å². The largest absolute Gasteiger partial charge is 0.497 e. The molecule has 150 valence electrons. The van der Waals surface area contributed by atoms with E-state index in [0.717, 1.165) is 25.4 Å². The number of hydrogen-bond donors (Lipinski definition) is 1. The van der Waals surface area contributed by atoms with E-state index in [1.807, 2.05) is 24.3 Å². The smallest absolute Gasteiger partial charge is 0.253 e. The van der Waals surface area contributed by atoms with Crippen LogP contribution >= 0.6 is 0 Å². The zero-order chi connectivity index (χ0) is 20.3. The lowest BCUT2D eigenvalue weighted by atomic mass is 10.1. The predicted molar refractivity (Wildman–Crippen MR) is 107 cm³/mol. The van der Waals surface area contributed by atoms with E-state index in [1.54, 1.807) is 31.1 Å². The van der Waals surface area contributed by atoms with Gasteiger partial charge < -0.3 is 9.64 Å². The molecule has 2 aromatic carbocycles. The lowest BCUT2D eigenvalue weighted by Gasteiger charge is -2.35. The summed E-state index contributed by atoms with van der Waals surface area (Å²) in [4.78, 5) is 16.8. The van der Waals surface area contributed by atoms with Gasteiger partial charge in [0.05, 0.1) is 12.0 Å². The first kappa shape index (κ1) is 20.3. The molecule has 3 rings (SSSR count). The summed E-state index contributed by atoms with van der Waals surface area (Å²) in [6, 6.07) is 12.6. The van der Waals surface area contributed by atoms with Crippen molar-refractivity contribution in [2.75, 3.05) is 33.3 Å². The quantitative estimate of drug-likeness (QED) is 0.819. The lowest BCUT2D eigenvalue weighted by Crippen LogP contribution is -2.48. The zero-order valence-corrected chi connectivity index (χ0v) is 16.9. The topological polar surface area (TPSA) is 92.9 Å². The van der Waals surface area contributed by atoms with Gasteiger partial charge in [0.1, 0.15) is 5.75 Å². The Kier molecular flexibility index (Phi) is 6.02. The molecule has 2 N–H and O–H groups in total. The Bertz CT molecular complexity index is 950. The Balaban J connectivity index is 1.62. The minimum absolute atomic E-state index is 0.00325. The molecule has 1 aliphatic rings. The number of rotatable bonds is 5. The number of piperazine rings is 1. The molecule has 0 spiro atoms. The highest BCUT2D eigenvalue weighted by atomic mass is 32.2. The van der Waals surface area contributed by atoms with Crippen LogP contribution in [0.2, 0.25) is 0 Å². The van der Waals surface area contributed by atoms with E-state index in [1.165, 1.54) is 11.6 Å². The summed E-state index contributed by atoms with van der Waals surface area (Å²) in [5.41, 5.74) is 2.07. The molecule has 0 atom stereocenters. The van der Waals surface area contributed by atoms with E-state index in [0.29, 0.717) is 24.2 Å². The molecule has 1 fully saturated rings. The molecule has 1 amide bonds. The first-order valence-electron chi connectivity index (χ1n) is 9.06. The highest BCUT2D eigenvalue weighted by Crippen LogP contribution is 2.19. The first-order valence-corrected chi connectivity index (χ1v) is 10.6. The summed E-state index contributed by atoms with van der Waals surface area (Å²) in [5, 5.41) is 5.25. The second-order valence-corrected chi connectivity index (χ2v) is 8.47. The summed E-state index contributed by atoms with van der Waals surface area (Å²) in [5.74, 6) is 0.658. The van der Waals surface area contributed by atoms with Gasteiger partial charge >= 0.3 is 0 Å². The van der Waals surface area contributed by atoms with Crippen molar-refractivity contribution in [1.29, 1.82) is 0 Å². The molecule has 1 heterocycles. The maximum Gasteiger partial charge on any atom is 0.253 e. The third-order valence-electron chi connectivity index (χ3n) is 4.97. The monoisotopic (exact) mass is 403 g/mol. The number of methoxy groups -OCH3 is 1. The second-order valence-electron chi connectivity index (χ2n) is 6.94. The number of carbonyl (C=O) groups excluding carboxylic acids is 1. The standard InChI is InChI=1S/C20H25N3O4S/c1-15-3-6-17(13-19(15)28(21,25)26)20(24)23-11-9-22(10-12-23)14-16-4-7-18(27-2)8-5-16/h3-8,13H,9-12,14H2,1-2H3,(H2,21,25,26). The summed E-state index contributed by atoms with van der Waals surface area (Å²) < 4.78 is 28.6. The number of sulfonamides is 1. The molecule has 28 heavy (non-hydrogen) atoms. The van der Waals surface area contributed by atoms with Crippen LogP contribution in [0.25, 0.3) is 0 Å². The van der Waals surface area contributed by atoms with Crippen molar-refractivity contribution >= 4 is 15.9 Å². The van der Waals surface area contributed by atoms with Crippen molar-refractivity contribution in [3.63, 3.8) is 0 Å². The van der Waals surface area contributed by atoms with Gasteiger partial charge in [0, 0.05) is 38.3 Å². The fraction of sp³-hybridized carbons (Fsp3) is 0.350. The van der Waals surface area contributed by atoms with Crippen LogP contribution in [0, 0.1) is 6.92 Å². The van der Waals surface area contributed by atoms with Crippen molar-refractivity contribution in [3.05, 3.63) is 59.2 Å². The maximum atomic E-state index is 12.8. The lowest BCUT2D eigenvalue weighted by molar-refractivity contribution is 0.0628. The van der Waals surface area contributed by atoms with Gasteiger partial charge in [-0.1, -0.05) is 18.2 Å². The van der Waals surface area contributed by atoms with Gasteiger partial charge in [0.15, 0.2) is 0 Å². The summed E-state index contributed by atoms with van der Waals surface area (Å²) >= 11 is 0. The van der Waals surface area contributed by atoms with Gasteiger partial charge in [0.25, 0.3) is 5.91 Å². The number of nitrogens with two attached hydrogens (primary N) is 1. The van der Waals surface area contributed by atoms with Crippen LogP contribution in [0.4, 0.5) is 0 Å². The van der Waals surface area contributed by atoms with E-state index in [-0.39, 0.29) is 10.8 Å². The molecule has 7 nitrogen and oxygen atoms in total. The average molecular weight is 404 g/mol. The summed E-state index contributed by atoms with van der Waals surface area (Å²) in [6.07, 6.45) is 0. The van der Waals surface area contributed by atoms with E-state index in [9.17, 15) is 13.2 Å². The van der Waals surface area contributed by atoms with Gasteiger partial charge in [-0.3, -0.25) is 9.69 Å². The number of hydrogen-bond acceptors (Lipinski definition) is 5. The summed E-state index contributed by atoms with van der Waals surface area (Å²) in [6.45, 7) is 5.16. The minimum atomic E-state index is -3.86. The van der Waals surface area contributed by atoms with Gasteiger partial charge in [-0.05, 0) is 42.3 Å². The van der Waals surface area contributed by atoms with Gasteiger partial charge in [-0.15, -0.1) is 0 Å². The fourth-order valence-electron chi connectivity index (χ4n) is 3.32. The van der Waals surface area contributed by atoms with Crippen molar-refractivity contribution in [2.24, 2.45) is 5.14 Å². The molecular weight excluding hydrogens is 378 g/mol. The van der Waals surface area contributed by atoms with Crippen LogP contribution in [0.5, 0.6) is 5.75 Å². The minimum Gasteiger partial charge on any atom is -0.497 e. The third-order valence-corrected chi connectivity index (χ3v) is 6.02. The Morgan fingerprint density at radius 3 is 2.29 bits per heavy atom. The number of carbonyl (C=O) groups is 1. The number of aryl methyl sites for hydroxylation is 1. The van der Waals surface area contributed by atoms with Crippen LogP contribution in [0.3, 0.4) is 0 Å². The van der Waals surface area contributed by atoms with Gasteiger partial charge in [-0.25, -0.2) is 13.6 Å². The van der Waals surface area contributed by atoms with Crippen molar-refractivity contribution in [2.45, 2.75) is 18.4 Å². The Hall–Kier alpha value is -2.42.